The van der Waals surface area contributed by atoms with Gasteiger partial charge in [0.25, 0.3) is 5.56 Å². The minimum atomic E-state index is 0.00425. The molecule has 0 bridgehead atoms. The zero-order chi connectivity index (χ0) is 16.7. The zero-order valence-electron chi connectivity index (χ0n) is 13.8. The maximum Gasteiger partial charge on any atom is 0.264 e. The quantitative estimate of drug-likeness (QED) is 0.714. The van der Waals surface area contributed by atoms with Crippen LogP contribution in [0.15, 0.2) is 29.7 Å². The van der Waals surface area contributed by atoms with Crippen molar-refractivity contribution in [3.8, 4) is 0 Å². The van der Waals surface area contributed by atoms with Crippen molar-refractivity contribution >= 4 is 11.0 Å². The highest BCUT2D eigenvalue weighted by Gasteiger charge is 2.22. The molecule has 0 saturated carbocycles. The van der Waals surface area contributed by atoms with E-state index in [-0.39, 0.29) is 11.6 Å². The van der Waals surface area contributed by atoms with E-state index in [0.29, 0.717) is 24.1 Å². The molecule has 24 heavy (non-hydrogen) atoms. The van der Waals surface area contributed by atoms with Gasteiger partial charge in [0.1, 0.15) is 17.5 Å². The molecule has 0 aromatic carbocycles. The molecule has 3 aromatic heterocycles. The molecule has 1 aliphatic heterocycles. The van der Waals surface area contributed by atoms with Crippen molar-refractivity contribution in [2.75, 3.05) is 6.54 Å². The standard InChI is InChI=1S/C16H19N7O/c1-11(2)23-15-13(7-19-23)16(24)22-4-3-21(9-14(22)20-15)8-12-5-17-10-18-6-12/h5-7,10-11H,3-4,8-9H2,1-2H3. The molecule has 0 fully saturated rings. The lowest BCUT2D eigenvalue weighted by Crippen LogP contribution is -2.39. The Labute approximate surface area is 138 Å². The minimum Gasteiger partial charge on any atom is -0.294 e. The zero-order valence-corrected chi connectivity index (χ0v) is 13.8. The Bertz CT molecular complexity index is 929. The highest BCUT2D eigenvalue weighted by atomic mass is 16.1. The lowest BCUT2D eigenvalue weighted by molar-refractivity contribution is 0.204. The van der Waals surface area contributed by atoms with Gasteiger partial charge in [-0.25, -0.2) is 19.6 Å². The Kier molecular flexibility index (Phi) is 3.61. The topological polar surface area (TPSA) is 81.7 Å². The SMILES string of the molecule is CC(C)n1ncc2c(=O)n3c(nc21)CN(Cc1cncnc1)CC3. The lowest BCUT2D eigenvalue weighted by atomic mass is 10.2. The molecule has 4 rings (SSSR count). The van der Waals surface area contributed by atoms with Crippen LogP contribution in [0.1, 0.15) is 31.3 Å². The van der Waals surface area contributed by atoms with E-state index in [9.17, 15) is 4.79 Å². The number of nitrogens with zero attached hydrogens (tertiary/aromatic N) is 7. The highest BCUT2D eigenvalue weighted by Crippen LogP contribution is 2.17. The molecule has 0 spiro atoms. The van der Waals surface area contributed by atoms with Crippen molar-refractivity contribution in [2.24, 2.45) is 0 Å². The van der Waals surface area contributed by atoms with Crippen LogP contribution in [-0.2, 0) is 19.6 Å². The van der Waals surface area contributed by atoms with Gasteiger partial charge in [-0.15, -0.1) is 0 Å². The molecule has 0 radical (unpaired) electrons. The van der Waals surface area contributed by atoms with Crippen LogP contribution >= 0.6 is 0 Å². The van der Waals surface area contributed by atoms with Gasteiger partial charge >= 0.3 is 0 Å². The van der Waals surface area contributed by atoms with Gasteiger partial charge in [0.15, 0.2) is 5.65 Å². The predicted molar refractivity (Wildman–Crippen MR) is 88.3 cm³/mol. The molecular weight excluding hydrogens is 306 g/mol. The van der Waals surface area contributed by atoms with E-state index in [1.807, 2.05) is 30.9 Å². The fourth-order valence-corrected chi connectivity index (χ4v) is 3.12. The van der Waals surface area contributed by atoms with Crippen LogP contribution < -0.4 is 5.56 Å². The normalized spacial score (nSPS) is 15.1. The summed E-state index contributed by atoms with van der Waals surface area (Å²) in [5.74, 6) is 0.790. The molecule has 3 aromatic rings. The molecule has 0 atom stereocenters. The van der Waals surface area contributed by atoms with E-state index >= 15 is 0 Å². The molecule has 4 heterocycles. The fraction of sp³-hybridized carbons (Fsp3) is 0.438. The first-order chi connectivity index (χ1) is 11.6. The molecule has 124 valence electrons. The van der Waals surface area contributed by atoms with E-state index in [2.05, 4.69) is 20.0 Å². The summed E-state index contributed by atoms with van der Waals surface area (Å²) in [6, 6.07) is 0.165. The first-order valence-electron chi connectivity index (χ1n) is 8.06. The van der Waals surface area contributed by atoms with Crippen molar-refractivity contribution in [3.63, 3.8) is 0 Å². The first kappa shape index (κ1) is 14.9. The lowest BCUT2D eigenvalue weighted by Gasteiger charge is -2.28. The summed E-state index contributed by atoms with van der Waals surface area (Å²) in [4.78, 5) is 27.8. The van der Waals surface area contributed by atoms with Crippen LogP contribution in [0.4, 0.5) is 0 Å². The number of fused-ring (bicyclic) bond motifs is 2. The molecule has 0 saturated heterocycles. The van der Waals surface area contributed by atoms with Crippen molar-refractivity contribution in [2.45, 2.75) is 39.5 Å². The van der Waals surface area contributed by atoms with Gasteiger partial charge in [-0.2, -0.15) is 5.10 Å². The third-order valence-corrected chi connectivity index (χ3v) is 4.31. The van der Waals surface area contributed by atoms with Crippen LogP contribution in [0.3, 0.4) is 0 Å². The average molecular weight is 325 g/mol. The molecule has 0 aliphatic carbocycles. The molecule has 1 aliphatic rings. The minimum absolute atomic E-state index is 0.00425. The van der Waals surface area contributed by atoms with Gasteiger partial charge in [0.2, 0.25) is 0 Å². The summed E-state index contributed by atoms with van der Waals surface area (Å²) in [5, 5.41) is 4.92. The van der Waals surface area contributed by atoms with Gasteiger partial charge in [0, 0.05) is 43.6 Å². The second kappa shape index (κ2) is 5.79. The second-order valence-corrected chi connectivity index (χ2v) is 6.36. The van der Waals surface area contributed by atoms with Crippen LogP contribution in [0.2, 0.25) is 0 Å². The summed E-state index contributed by atoms with van der Waals surface area (Å²) in [7, 11) is 0. The van der Waals surface area contributed by atoms with Crippen molar-refractivity contribution in [1.82, 2.24) is 34.2 Å². The maximum absolute atomic E-state index is 12.7. The van der Waals surface area contributed by atoms with Gasteiger partial charge in [-0.1, -0.05) is 0 Å². The average Bonchev–Trinajstić information content (AvgIpc) is 3.00. The Morgan fingerprint density at radius 2 is 1.96 bits per heavy atom. The van der Waals surface area contributed by atoms with Crippen molar-refractivity contribution in [1.29, 1.82) is 0 Å². The van der Waals surface area contributed by atoms with Gasteiger partial charge < -0.3 is 0 Å². The summed E-state index contributed by atoms with van der Waals surface area (Å²) < 4.78 is 3.58. The summed E-state index contributed by atoms with van der Waals surface area (Å²) in [6.07, 6.45) is 6.80. The van der Waals surface area contributed by atoms with Crippen LogP contribution in [0, 0.1) is 0 Å². The van der Waals surface area contributed by atoms with E-state index in [1.54, 1.807) is 10.8 Å². The number of hydrogen-bond acceptors (Lipinski definition) is 6. The third kappa shape index (κ3) is 2.48. The third-order valence-electron chi connectivity index (χ3n) is 4.31. The summed E-state index contributed by atoms with van der Waals surface area (Å²) >= 11 is 0. The highest BCUT2D eigenvalue weighted by molar-refractivity contribution is 5.73. The van der Waals surface area contributed by atoms with Gasteiger partial charge in [-0.05, 0) is 13.8 Å². The maximum atomic E-state index is 12.7. The molecule has 0 N–H and O–H groups in total. The van der Waals surface area contributed by atoms with Gasteiger partial charge in [-0.3, -0.25) is 14.3 Å². The number of aromatic nitrogens is 6. The van der Waals surface area contributed by atoms with Crippen molar-refractivity contribution < 1.29 is 0 Å². The first-order valence-corrected chi connectivity index (χ1v) is 8.06. The van der Waals surface area contributed by atoms with E-state index in [0.717, 1.165) is 24.5 Å². The number of hydrogen-bond donors (Lipinski definition) is 0. The Morgan fingerprint density at radius 1 is 1.17 bits per heavy atom. The van der Waals surface area contributed by atoms with E-state index < -0.39 is 0 Å². The predicted octanol–water partition coefficient (Wildman–Crippen LogP) is 0.980. The van der Waals surface area contributed by atoms with Crippen molar-refractivity contribution in [3.05, 3.63) is 46.7 Å². The Hall–Kier alpha value is -2.61. The largest absolute Gasteiger partial charge is 0.294 e. The van der Waals surface area contributed by atoms with Crippen LogP contribution in [0.25, 0.3) is 11.0 Å². The summed E-state index contributed by atoms with van der Waals surface area (Å²) in [6.45, 7) is 6.88. The Morgan fingerprint density at radius 3 is 2.71 bits per heavy atom. The van der Waals surface area contributed by atoms with E-state index in [1.165, 1.54) is 6.33 Å². The fourth-order valence-electron chi connectivity index (χ4n) is 3.12. The monoisotopic (exact) mass is 325 g/mol. The van der Waals surface area contributed by atoms with Crippen LogP contribution in [0.5, 0.6) is 0 Å². The molecular formula is C16H19N7O. The molecule has 8 heteroatoms. The van der Waals surface area contributed by atoms with E-state index in [4.69, 9.17) is 4.98 Å². The second-order valence-electron chi connectivity index (χ2n) is 6.36. The molecule has 0 amide bonds. The Balaban J connectivity index is 1.70. The molecule has 0 unspecified atom stereocenters. The smallest absolute Gasteiger partial charge is 0.264 e. The summed E-state index contributed by atoms with van der Waals surface area (Å²) in [5.41, 5.74) is 1.73. The van der Waals surface area contributed by atoms with Gasteiger partial charge in [0.05, 0.1) is 12.7 Å². The number of rotatable bonds is 3. The molecule has 8 nitrogen and oxygen atoms in total. The van der Waals surface area contributed by atoms with Crippen LogP contribution in [-0.4, -0.2) is 40.7 Å².